The highest BCUT2D eigenvalue weighted by molar-refractivity contribution is 14.1. The van der Waals surface area contributed by atoms with Crippen molar-refractivity contribution in [2.45, 2.75) is 77.6 Å². The summed E-state index contributed by atoms with van der Waals surface area (Å²) in [6.45, 7) is 9.23. The molecule has 0 heterocycles. The van der Waals surface area contributed by atoms with E-state index >= 15 is 0 Å². The molecule has 1 atom stereocenters. The molecule has 0 unspecified atom stereocenters. The summed E-state index contributed by atoms with van der Waals surface area (Å²) < 4.78 is 8.48. The van der Waals surface area contributed by atoms with E-state index in [9.17, 15) is 0 Å². The van der Waals surface area contributed by atoms with E-state index in [1.165, 1.54) is 44.6 Å². The maximum Gasteiger partial charge on any atom is 0.187 e. The fourth-order valence-electron chi connectivity index (χ4n) is 1.94. The third-order valence-electron chi connectivity index (χ3n) is 2.98. The quantitative estimate of drug-likeness (QED) is 0.265. The van der Waals surface area contributed by atoms with Gasteiger partial charge in [0.25, 0.3) is 0 Å². The van der Waals surface area contributed by atoms with Gasteiger partial charge in [0.2, 0.25) is 0 Å². The highest BCUT2D eigenvalue weighted by atomic mass is 127. The van der Waals surface area contributed by atoms with Crippen LogP contribution in [0.15, 0.2) is 10.2 Å². The van der Waals surface area contributed by atoms with Crippen LogP contribution in [-0.4, -0.2) is 14.4 Å². The zero-order valence-corrected chi connectivity index (χ0v) is 15.1. The second-order valence-corrected chi connectivity index (χ2v) is 10.3. The average Bonchev–Trinajstić information content (AvgIpc) is 2.26. The average molecular weight is 368 g/mol. The molecule has 0 aliphatic heterocycles. The molecule has 0 fully saturated rings. The summed E-state index contributed by atoms with van der Waals surface area (Å²) in [6.07, 6.45) is 10.3. The molecule has 0 aromatic carbocycles. The van der Waals surface area contributed by atoms with Crippen LogP contribution < -0.4 is 0 Å². The summed E-state index contributed by atoms with van der Waals surface area (Å²) in [5, 5.41) is 0. The topological polar surface area (TPSA) is 9.23 Å². The molecular formula is C14H29IOSi. The van der Waals surface area contributed by atoms with Crippen LogP contribution in [0.3, 0.4) is 0 Å². The van der Waals surface area contributed by atoms with Gasteiger partial charge in [-0.2, -0.15) is 0 Å². The summed E-state index contributed by atoms with van der Waals surface area (Å²) in [4.78, 5) is 0. The Bertz CT molecular complexity index is 204. The van der Waals surface area contributed by atoms with Gasteiger partial charge in [-0.3, -0.25) is 0 Å². The van der Waals surface area contributed by atoms with Crippen molar-refractivity contribution in [3.63, 3.8) is 0 Å². The van der Waals surface area contributed by atoms with Crippen molar-refractivity contribution in [2.24, 2.45) is 0 Å². The minimum absolute atomic E-state index is 0.358. The second-order valence-electron chi connectivity index (χ2n) is 5.33. The Morgan fingerprint density at radius 1 is 1.12 bits per heavy atom. The maximum atomic E-state index is 6.37. The van der Waals surface area contributed by atoms with Crippen LogP contribution >= 0.6 is 22.6 Å². The Labute approximate surface area is 123 Å². The molecule has 0 amide bonds. The Morgan fingerprint density at radius 3 is 2.29 bits per heavy atom. The van der Waals surface area contributed by atoms with Crippen LogP contribution in [-0.2, 0) is 4.43 Å². The van der Waals surface area contributed by atoms with E-state index in [1.54, 1.807) is 0 Å². The second kappa shape index (κ2) is 10.6. The molecule has 102 valence electrons. The van der Waals surface area contributed by atoms with E-state index in [4.69, 9.17) is 4.43 Å². The summed E-state index contributed by atoms with van der Waals surface area (Å²) in [6, 6.07) is 1.29. The van der Waals surface area contributed by atoms with Crippen molar-refractivity contribution in [1.29, 1.82) is 0 Å². The molecule has 1 nitrogen and oxygen atoms in total. The van der Waals surface area contributed by atoms with Crippen molar-refractivity contribution in [3.05, 3.63) is 10.2 Å². The van der Waals surface area contributed by atoms with Gasteiger partial charge in [0, 0.05) is 0 Å². The Kier molecular flexibility index (Phi) is 11.0. The van der Waals surface area contributed by atoms with Crippen LogP contribution in [0.4, 0.5) is 0 Å². The molecule has 0 N–H and O–H groups in total. The lowest BCUT2D eigenvalue weighted by atomic mass is 10.1. The normalized spacial score (nSPS) is 14.4. The predicted octanol–water partition coefficient (Wildman–Crippen LogP) is 5.91. The summed E-state index contributed by atoms with van der Waals surface area (Å²) in [5.74, 6) is 0. The Hall–Kier alpha value is 0.647. The van der Waals surface area contributed by atoms with Gasteiger partial charge < -0.3 is 4.43 Å². The number of hydrogen-bond acceptors (Lipinski definition) is 1. The van der Waals surface area contributed by atoms with E-state index in [2.05, 4.69) is 59.7 Å². The zero-order valence-electron chi connectivity index (χ0n) is 12.0. The minimum Gasteiger partial charge on any atom is -0.411 e. The zero-order chi connectivity index (χ0) is 13.1. The molecular weight excluding hydrogens is 339 g/mol. The standard InChI is InChI=1S/C14H29IOSi/c1-5-7-9-10-14(11-12-15)16-17(3,4)13-8-6-2/h11-12,14H,5-10,13H2,1-4H3/b12-11+/t14-/m0/s1. The van der Waals surface area contributed by atoms with Crippen LogP contribution in [0.1, 0.15) is 52.4 Å². The van der Waals surface area contributed by atoms with Crippen molar-refractivity contribution >= 4 is 30.9 Å². The largest absolute Gasteiger partial charge is 0.411 e. The first-order valence-electron chi connectivity index (χ1n) is 7.00. The first-order valence-corrected chi connectivity index (χ1v) is 11.4. The molecule has 3 heteroatoms. The van der Waals surface area contributed by atoms with E-state index in [-0.39, 0.29) is 0 Å². The van der Waals surface area contributed by atoms with Gasteiger partial charge >= 0.3 is 0 Å². The van der Waals surface area contributed by atoms with E-state index in [0.29, 0.717) is 6.10 Å². The summed E-state index contributed by atoms with van der Waals surface area (Å²) in [5.41, 5.74) is 0. The van der Waals surface area contributed by atoms with E-state index < -0.39 is 8.32 Å². The van der Waals surface area contributed by atoms with Crippen molar-refractivity contribution in [3.8, 4) is 0 Å². The van der Waals surface area contributed by atoms with Gasteiger partial charge in [-0.1, -0.05) is 74.6 Å². The SMILES string of the molecule is CCCCC[C@@H](/C=C/I)O[Si](C)(C)CCCC. The van der Waals surface area contributed by atoms with Crippen LogP contribution in [0.2, 0.25) is 19.1 Å². The first kappa shape index (κ1) is 17.6. The van der Waals surface area contributed by atoms with Crippen molar-refractivity contribution < 1.29 is 4.43 Å². The van der Waals surface area contributed by atoms with E-state index in [0.717, 1.165) is 0 Å². The number of unbranched alkanes of at least 4 members (excludes halogenated alkanes) is 3. The fourth-order valence-corrected chi connectivity index (χ4v) is 4.74. The Balaban J connectivity index is 4.12. The highest BCUT2D eigenvalue weighted by Crippen LogP contribution is 2.20. The van der Waals surface area contributed by atoms with Gasteiger partial charge in [-0.15, -0.1) is 0 Å². The molecule has 0 bridgehead atoms. The summed E-state index contributed by atoms with van der Waals surface area (Å²) in [7, 11) is -1.44. The number of rotatable bonds is 10. The van der Waals surface area contributed by atoms with Gasteiger partial charge in [0.1, 0.15) is 0 Å². The molecule has 0 aliphatic rings. The highest BCUT2D eigenvalue weighted by Gasteiger charge is 2.24. The number of hydrogen-bond donors (Lipinski definition) is 0. The lowest BCUT2D eigenvalue weighted by Gasteiger charge is -2.28. The van der Waals surface area contributed by atoms with Crippen molar-refractivity contribution in [2.75, 3.05) is 0 Å². The lowest BCUT2D eigenvalue weighted by molar-refractivity contribution is 0.223. The molecule has 0 aliphatic carbocycles. The van der Waals surface area contributed by atoms with Gasteiger partial charge in [0.05, 0.1) is 6.10 Å². The van der Waals surface area contributed by atoms with Crippen LogP contribution in [0.5, 0.6) is 0 Å². The molecule has 0 aromatic rings. The lowest BCUT2D eigenvalue weighted by Crippen LogP contribution is -2.34. The monoisotopic (exact) mass is 368 g/mol. The number of halogens is 1. The molecule has 0 saturated carbocycles. The van der Waals surface area contributed by atoms with Crippen LogP contribution in [0.25, 0.3) is 0 Å². The third-order valence-corrected chi connectivity index (χ3v) is 5.90. The molecule has 0 spiro atoms. The molecule has 0 saturated heterocycles. The van der Waals surface area contributed by atoms with E-state index in [1.807, 2.05) is 0 Å². The van der Waals surface area contributed by atoms with Crippen LogP contribution in [0, 0.1) is 0 Å². The molecule has 0 radical (unpaired) electrons. The van der Waals surface area contributed by atoms with Gasteiger partial charge in [0.15, 0.2) is 8.32 Å². The molecule has 17 heavy (non-hydrogen) atoms. The first-order chi connectivity index (χ1) is 8.05. The fraction of sp³-hybridized carbons (Fsp3) is 0.857. The van der Waals surface area contributed by atoms with Gasteiger partial charge in [-0.25, -0.2) is 0 Å². The summed E-state index contributed by atoms with van der Waals surface area (Å²) >= 11 is 2.30. The Morgan fingerprint density at radius 2 is 1.76 bits per heavy atom. The van der Waals surface area contributed by atoms with Gasteiger partial charge in [-0.05, 0) is 29.6 Å². The molecule has 0 aromatic heterocycles. The minimum atomic E-state index is -1.44. The smallest absolute Gasteiger partial charge is 0.187 e. The predicted molar refractivity (Wildman–Crippen MR) is 89.4 cm³/mol. The van der Waals surface area contributed by atoms with Crippen molar-refractivity contribution in [1.82, 2.24) is 0 Å². The maximum absolute atomic E-state index is 6.37. The molecule has 0 rings (SSSR count). The third kappa shape index (κ3) is 10.3.